The number of nitrogens with two attached hydrogens (primary N) is 1. The summed E-state index contributed by atoms with van der Waals surface area (Å²) in [6.07, 6.45) is 2.52. The van der Waals surface area contributed by atoms with Crippen molar-refractivity contribution in [2.75, 3.05) is 30.8 Å². The highest BCUT2D eigenvalue weighted by Crippen LogP contribution is 2.25. The van der Waals surface area contributed by atoms with E-state index in [1.807, 2.05) is 46.1 Å². The smallest absolute Gasteiger partial charge is 0.127 e. The summed E-state index contributed by atoms with van der Waals surface area (Å²) < 4.78 is 13.3. The number of anilines is 2. The Morgan fingerprint density at radius 3 is 2.93 bits per heavy atom. The van der Waals surface area contributed by atoms with Crippen LogP contribution in [0.3, 0.4) is 0 Å². The van der Waals surface area contributed by atoms with Gasteiger partial charge in [-0.15, -0.1) is 0 Å². The van der Waals surface area contributed by atoms with E-state index in [1.165, 1.54) is 0 Å². The van der Waals surface area contributed by atoms with Gasteiger partial charge in [0, 0.05) is 46.0 Å². The Balaban J connectivity index is 0.00000280. The lowest BCUT2D eigenvalue weighted by atomic mass is 10.0. The van der Waals surface area contributed by atoms with Crippen molar-refractivity contribution < 1.29 is 10.9 Å². The van der Waals surface area contributed by atoms with E-state index < -0.39 is 0 Å². The normalized spacial score (nSPS) is 16.7. The summed E-state index contributed by atoms with van der Waals surface area (Å²) in [5.74, 6) is 1.64. The minimum Gasteiger partial charge on any atom is -0.491 e. The molecule has 27 heavy (non-hydrogen) atoms. The van der Waals surface area contributed by atoms with Gasteiger partial charge in [-0.05, 0) is 44.9 Å². The third kappa shape index (κ3) is 4.42. The highest BCUT2D eigenvalue weighted by atomic mass is 16.5. The molecule has 0 radical (unpaired) electrons. The number of nitrogens with zero attached hydrogens (tertiary/aromatic N) is 3. The lowest BCUT2D eigenvalue weighted by Crippen LogP contribution is -2.29. The molecule has 1 aliphatic heterocycles. The third-order valence-corrected chi connectivity index (χ3v) is 4.67. The van der Waals surface area contributed by atoms with Gasteiger partial charge in [0.1, 0.15) is 17.3 Å². The standard InChI is InChI=1S/C20H29N5O2.H2/c1-13(2)27-14-7-8-17(21)16(10-14)20(22)18-11-19(25(4)23-18)24(3)12-15-6-5-9-26-15;/h7-8,10-11,13,15,22H,5-6,9,12,21H2,1-4H3;1H. The van der Waals surface area contributed by atoms with Crippen molar-refractivity contribution in [2.45, 2.75) is 38.9 Å². The monoisotopic (exact) mass is 373 g/mol. The number of hydrogen-bond donors (Lipinski definition) is 2. The minimum absolute atomic E-state index is 0. The number of likely N-dealkylation sites (N-methyl/N-ethyl adjacent to an activating group) is 1. The Morgan fingerprint density at radius 2 is 2.26 bits per heavy atom. The predicted octanol–water partition coefficient (Wildman–Crippen LogP) is 3.07. The molecule has 2 aromatic rings. The van der Waals surface area contributed by atoms with Crippen LogP contribution in [0.15, 0.2) is 24.3 Å². The van der Waals surface area contributed by atoms with Crippen LogP contribution in [0.25, 0.3) is 0 Å². The van der Waals surface area contributed by atoms with E-state index in [9.17, 15) is 0 Å². The van der Waals surface area contributed by atoms with Gasteiger partial charge < -0.3 is 20.1 Å². The number of ether oxygens (including phenoxy) is 2. The Labute approximate surface area is 162 Å². The van der Waals surface area contributed by atoms with Crippen LogP contribution in [-0.4, -0.2) is 47.9 Å². The summed E-state index contributed by atoms with van der Waals surface area (Å²) in [5.41, 5.74) is 8.15. The van der Waals surface area contributed by atoms with Crippen LogP contribution in [0.4, 0.5) is 11.5 Å². The fourth-order valence-corrected chi connectivity index (χ4v) is 3.36. The molecule has 1 aliphatic rings. The number of nitrogen functional groups attached to an aromatic ring is 1. The summed E-state index contributed by atoms with van der Waals surface area (Å²) >= 11 is 0. The zero-order valence-electron chi connectivity index (χ0n) is 16.5. The molecule has 148 valence electrons. The summed E-state index contributed by atoms with van der Waals surface area (Å²) in [4.78, 5) is 2.13. The third-order valence-electron chi connectivity index (χ3n) is 4.67. The van der Waals surface area contributed by atoms with Crippen LogP contribution >= 0.6 is 0 Å². The molecule has 1 atom stereocenters. The second kappa shape index (κ2) is 8.00. The molecule has 1 aromatic carbocycles. The molecule has 0 spiro atoms. The topological polar surface area (TPSA) is 89.4 Å². The molecule has 0 bridgehead atoms. The quantitative estimate of drug-likeness (QED) is 0.575. The average molecular weight is 374 g/mol. The van der Waals surface area contributed by atoms with E-state index >= 15 is 0 Å². The van der Waals surface area contributed by atoms with Gasteiger partial charge in [0.05, 0.1) is 17.9 Å². The summed E-state index contributed by atoms with van der Waals surface area (Å²) in [5, 5.41) is 13.1. The average Bonchev–Trinajstić information content (AvgIpc) is 3.25. The Kier molecular flexibility index (Phi) is 5.70. The second-order valence-corrected chi connectivity index (χ2v) is 7.32. The van der Waals surface area contributed by atoms with Crippen molar-refractivity contribution in [3.63, 3.8) is 0 Å². The molecule has 1 saturated heterocycles. The maximum absolute atomic E-state index is 8.61. The number of aryl methyl sites for hydroxylation is 1. The van der Waals surface area contributed by atoms with Crippen LogP contribution in [-0.2, 0) is 11.8 Å². The van der Waals surface area contributed by atoms with Crippen molar-refractivity contribution in [1.82, 2.24) is 9.78 Å². The van der Waals surface area contributed by atoms with Gasteiger partial charge in [-0.1, -0.05) is 0 Å². The van der Waals surface area contributed by atoms with Gasteiger partial charge in [0.15, 0.2) is 0 Å². The van der Waals surface area contributed by atoms with E-state index in [-0.39, 0.29) is 19.3 Å². The Morgan fingerprint density at radius 1 is 1.48 bits per heavy atom. The molecule has 1 unspecified atom stereocenters. The van der Waals surface area contributed by atoms with E-state index in [4.69, 9.17) is 20.6 Å². The zero-order chi connectivity index (χ0) is 19.6. The molecular weight excluding hydrogens is 342 g/mol. The highest BCUT2D eigenvalue weighted by Gasteiger charge is 2.21. The molecule has 3 rings (SSSR count). The molecule has 0 saturated carbocycles. The number of aromatic nitrogens is 2. The maximum Gasteiger partial charge on any atom is 0.127 e. The molecule has 2 heterocycles. The molecular formula is C20H31N5O2. The molecule has 1 aromatic heterocycles. The van der Waals surface area contributed by atoms with Gasteiger partial charge >= 0.3 is 0 Å². The van der Waals surface area contributed by atoms with E-state index in [2.05, 4.69) is 10.00 Å². The predicted molar refractivity (Wildman–Crippen MR) is 110 cm³/mol. The van der Waals surface area contributed by atoms with Gasteiger partial charge in [0.2, 0.25) is 0 Å². The van der Waals surface area contributed by atoms with Crippen molar-refractivity contribution in [2.24, 2.45) is 7.05 Å². The van der Waals surface area contributed by atoms with Gasteiger partial charge in [-0.2, -0.15) is 5.10 Å². The lowest BCUT2D eigenvalue weighted by molar-refractivity contribution is 0.116. The first-order valence-corrected chi connectivity index (χ1v) is 9.37. The van der Waals surface area contributed by atoms with E-state index in [0.717, 1.165) is 31.8 Å². The fourth-order valence-electron chi connectivity index (χ4n) is 3.36. The number of nitrogens with one attached hydrogen (secondary N) is 1. The largest absolute Gasteiger partial charge is 0.491 e. The highest BCUT2D eigenvalue weighted by molar-refractivity contribution is 6.13. The maximum atomic E-state index is 8.61. The SMILES string of the molecule is CC(C)Oc1ccc(N)c(C(=N)c2cc(N(C)CC3CCCO3)n(C)n2)c1.[HH]. The summed E-state index contributed by atoms with van der Waals surface area (Å²) in [6, 6.07) is 7.33. The van der Waals surface area contributed by atoms with Gasteiger partial charge in [-0.25, -0.2) is 0 Å². The lowest BCUT2D eigenvalue weighted by Gasteiger charge is -2.22. The van der Waals surface area contributed by atoms with Crippen LogP contribution in [0.1, 0.15) is 39.4 Å². The molecule has 7 nitrogen and oxygen atoms in total. The minimum atomic E-state index is 0. The zero-order valence-corrected chi connectivity index (χ0v) is 16.5. The van der Waals surface area contributed by atoms with E-state index in [1.54, 1.807) is 10.7 Å². The Bertz CT molecular complexity index is 815. The van der Waals surface area contributed by atoms with Crippen LogP contribution in [0.2, 0.25) is 0 Å². The van der Waals surface area contributed by atoms with Gasteiger partial charge in [-0.3, -0.25) is 10.1 Å². The number of rotatable bonds is 7. The molecule has 1 fully saturated rings. The molecule has 7 heteroatoms. The molecule has 0 aliphatic carbocycles. The first-order valence-electron chi connectivity index (χ1n) is 9.37. The second-order valence-electron chi connectivity index (χ2n) is 7.32. The summed E-state index contributed by atoms with van der Waals surface area (Å²) in [7, 11) is 3.91. The van der Waals surface area contributed by atoms with Gasteiger partial charge in [0.25, 0.3) is 0 Å². The van der Waals surface area contributed by atoms with Crippen molar-refractivity contribution in [1.29, 1.82) is 5.41 Å². The first-order chi connectivity index (χ1) is 12.8. The van der Waals surface area contributed by atoms with Crippen molar-refractivity contribution in [3.8, 4) is 5.75 Å². The van der Waals surface area contributed by atoms with Crippen molar-refractivity contribution in [3.05, 3.63) is 35.5 Å². The number of benzene rings is 1. The molecule has 0 amide bonds. The number of hydrogen-bond acceptors (Lipinski definition) is 6. The van der Waals surface area contributed by atoms with Crippen LogP contribution in [0.5, 0.6) is 5.75 Å². The Hall–Kier alpha value is -2.54. The first kappa shape index (κ1) is 19.2. The van der Waals surface area contributed by atoms with Crippen molar-refractivity contribution >= 4 is 17.2 Å². The van der Waals surface area contributed by atoms with E-state index in [0.29, 0.717) is 22.7 Å². The molecule has 3 N–H and O–H groups in total. The van der Waals surface area contributed by atoms with Crippen LogP contribution < -0.4 is 15.4 Å². The summed E-state index contributed by atoms with van der Waals surface area (Å²) in [6.45, 7) is 5.59. The fraction of sp³-hybridized carbons (Fsp3) is 0.500. The van der Waals surface area contributed by atoms with Crippen LogP contribution in [0, 0.1) is 5.41 Å².